The smallest absolute Gasteiger partial charge is 0.174 e. The van der Waals surface area contributed by atoms with E-state index in [9.17, 15) is 0 Å². The average Bonchev–Trinajstić information content (AvgIpc) is 3.30. The minimum Gasteiger partial charge on any atom is -0.357 e. The maximum atomic E-state index is 4.74. The van der Waals surface area contributed by atoms with Gasteiger partial charge in [-0.2, -0.15) is 0 Å². The third-order valence-electron chi connectivity index (χ3n) is 4.32. The number of hydrogen-bond acceptors (Lipinski definition) is 5. The molecule has 25 heavy (non-hydrogen) atoms. The number of aromatic amines is 1. The lowest BCUT2D eigenvalue weighted by Crippen LogP contribution is -2.37. The maximum Gasteiger partial charge on any atom is 0.174 e. The molecule has 4 aromatic rings. The molecule has 0 aliphatic carbocycles. The fraction of sp³-hybridized carbons (Fsp3) is 0.0526. The van der Waals surface area contributed by atoms with Crippen molar-refractivity contribution in [2.45, 2.75) is 6.54 Å². The maximum absolute atomic E-state index is 4.74. The van der Waals surface area contributed by atoms with Crippen LogP contribution in [0.15, 0.2) is 66.9 Å². The van der Waals surface area contributed by atoms with E-state index >= 15 is 0 Å². The molecule has 6 heteroatoms. The molecule has 0 fully saturated rings. The monoisotopic (exact) mass is 328 g/mol. The van der Waals surface area contributed by atoms with Crippen molar-refractivity contribution in [3.05, 3.63) is 72.4 Å². The molecule has 0 bridgehead atoms. The zero-order valence-electron chi connectivity index (χ0n) is 13.4. The van der Waals surface area contributed by atoms with Gasteiger partial charge < -0.3 is 4.98 Å². The molecular formula is C19H16N6. The van der Waals surface area contributed by atoms with Gasteiger partial charge in [-0.15, -0.1) is 0 Å². The van der Waals surface area contributed by atoms with Crippen LogP contribution in [0.25, 0.3) is 22.4 Å². The first-order chi connectivity index (χ1) is 12.4. The Kier molecular flexibility index (Phi) is 3.14. The Hall–Kier alpha value is -3.38. The minimum absolute atomic E-state index is 0.697. The van der Waals surface area contributed by atoms with Gasteiger partial charge in [0, 0.05) is 18.3 Å². The van der Waals surface area contributed by atoms with E-state index in [4.69, 9.17) is 4.98 Å². The number of nitrogens with zero attached hydrogens (tertiary/aromatic N) is 3. The Morgan fingerprint density at radius 3 is 2.68 bits per heavy atom. The molecule has 1 aliphatic heterocycles. The van der Waals surface area contributed by atoms with Crippen molar-refractivity contribution in [1.82, 2.24) is 20.4 Å². The number of para-hydroxylation sites is 1. The molecule has 0 saturated heterocycles. The van der Waals surface area contributed by atoms with Gasteiger partial charge in [0.05, 0.1) is 11.2 Å². The second-order valence-electron chi connectivity index (χ2n) is 5.91. The van der Waals surface area contributed by atoms with Crippen LogP contribution >= 0.6 is 0 Å². The third-order valence-corrected chi connectivity index (χ3v) is 4.32. The first kappa shape index (κ1) is 14.0. The van der Waals surface area contributed by atoms with E-state index in [0.717, 1.165) is 34.6 Å². The average molecular weight is 328 g/mol. The van der Waals surface area contributed by atoms with Crippen LogP contribution < -0.4 is 16.0 Å². The van der Waals surface area contributed by atoms with Crippen LogP contribution in [-0.2, 0) is 6.54 Å². The lowest BCUT2D eigenvalue weighted by molar-refractivity contribution is 0.725. The normalized spacial score (nSPS) is 13.2. The summed E-state index contributed by atoms with van der Waals surface area (Å²) >= 11 is 0. The van der Waals surface area contributed by atoms with Crippen molar-refractivity contribution in [2.75, 3.05) is 10.5 Å². The Labute approximate surface area is 144 Å². The van der Waals surface area contributed by atoms with E-state index in [2.05, 4.69) is 33.0 Å². The van der Waals surface area contributed by atoms with Gasteiger partial charge in [-0.05, 0) is 17.7 Å². The van der Waals surface area contributed by atoms with E-state index in [1.807, 2.05) is 59.8 Å². The van der Waals surface area contributed by atoms with Crippen molar-refractivity contribution in [3.8, 4) is 11.4 Å². The van der Waals surface area contributed by atoms with Gasteiger partial charge in [0.15, 0.2) is 11.6 Å². The van der Waals surface area contributed by atoms with Gasteiger partial charge in [0.2, 0.25) is 0 Å². The fourth-order valence-electron chi connectivity index (χ4n) is 3.08. The quantitative estimate of drug-likeness (QED) is 0.537. The number of hydrazine groups is 2. The molecule has 6 nitrogen and oxygen atoms in total. The van der Waals surface area contributed by atoms with Gasteiger partial charge in [-0.3, -0.25) is 5.43 Å². The summed E-state index contributed by atoms with van der Waals surface area (Å²) in [6.45, 7) is 0.785. The molecule has 0 unspecified atom stereocenters. The molecule has 0 amide bonds. The highest BCUT2D eigenvalue weighted by Gasteiger charge is 2.20. The van der Waals surface area contributed by atoms with Gasteiger partial charge >= 0.3 is 0 Å². The molecule has 2 aromatic heterocycles. The second kappa shape index (κ2) is 5.61. The number of hydrogen-bond donors (Lipinski definition) is 3. The third kappa shape index (κ3) is 2.40. The largest absolute Gasteiger partial charge is 0.357 e. The van der Waals surface area contributed by atoms with Crippen LogP contribution in [0.4, 0.5) is 11.5 Å². The summed E-state index contributed by atoms with van der Waals surface area (Å²) in [6, 6.07) is 20.2. The van der Waals surface area contributed by atoms with Crippen LogP contribution in [0.5, 0.6) is 0 Å². The van der Waals surface area contributed by atoms with Crippen molar-refractivity contribution < 1.29 is 0 Å². The van der Waals surface area contributed by atoms with E-state index in [1.54, 1.807) is 0 Å². The molecule has 5 rings (SSSR count). The van der Waals surface area contributed by atoms with Crippen LogP contribution in [-0.4, -0.2) is 15.0 Å². The number of rotatable bonds is 3. The van der Waals surface area contributed by atoms with Crippen LogP contribution in [0.2, 0.25) is 0 Å². The second-order valence-corrected chi connectivity index (χ2v) is 5.91. The summed E-state index contributed by atoms with van der Waals surface area (Å²) in [5, 5.41) is 1.91. The first-order valence-electron chi connectivity index (χ1n) is 8.17. The first-order valence-corrected chi connectivity index (χ1v) is 8.17. The highest BCUT2D eigenvalue weighted by Crippen LogP contribution is 2.28. The summed E-state index contributed by atoms with van der Waals surface area (Å²) in [5.41, 5.74) is 11.8. The SMILES string of the molecule is c1ccc(-c2nc(NN3NCc4ccccc43)c3[nH]ccc3n2)cc1. The molecule has 3 N–H and O–H groups in total. The minimum atomic E-state index is 0.697. The molecule has 122 valence electrons. The molecule has 0 atom stereocenters. The zero-order valence-corrected chi connectivity index (χ0v) is 13.4. The molecule has 1 aliphatic rings. The van der Waals surface area contributed by atoms with E-state index in [0.29, 0.717) is 5.82 Å². The van der Waals surface area contributed by atoms with Gasteiger partial charge in [-0.25, -0.2) is 20.5 Å². The van der Waals surface area contributed by atoms with Crippen LogP contribution in [0.1, 0.15) is 5.56 Å². The highest BCUT2D eigenvalue weighted by molar-refractivity contribution is 5.88. The lowest BCUT2D eigenvalue weighted by atomic mass is 10.2. The summed E-state index contributed by atoms with van der Waals surface area (Å²) in [5.74, 6) is 1.43. The topological polar surface area (TPSA) is 68.9 Å². The molecule has 3 heterocycles. The Morgan fingerprint density at radius 1 is 0.920 bits per heavy atom. The highest BCUT2D eigenvalue weighted by atomic mass is 15.7. The number of benzene rings is 2. The van der Waals surface area contributed by atoms with Crippen molar-refractivity contribution >= 4 is 22.5 Å². The van der Waals surface area contributed by atoms with Crippen molar-refractivity contribution in [3.63, 3.8) is 0 Å². The van der Waals surface area contributed by atoms with Crippen molar-refractivity contribution in [2.24, 2.45) is 0 Å². The lowest BCUT2D eigenvalue weighted by Gasteiger charge is -2.21. The number of aromatic nitrogens is 3. The number of nitrogens with one attached hydrogen (secondary N) is 3. The Morgan fingerprint density at radius 2 is 1.76 bits per heavy atom. The predicted molar refractivity (Wildman–Crippen MR) is 98.7 cm³/mol. The van der Waals surface area contributed by atoms with Crippen LogP contribution in [0, 0.1) is 0 Å². The summed E-state index contributed by atoms with van der Waals surface area (Å²) < 4.78 is 0. The number of fused-ring (bicyclic) bond motifs is 2. The summed E-state index contributed by atoms with van der Waals surface area (Å²) in [6.07, 6.45) is 1.88. The predicted octanol–water partition coefficient (Wildman–Crippen LogP) is 3.48. The molecule has 0 saturated carbocycles. The van der Waals surface area contributed by atoms with Gasteiger partial charge in [0.25, 0.3) is 0 Å². The van der Waals surface area contributed by atoms with E-state index in [-0.39, 0.29) is 0 Å². The summed E-state index contributed by atoms with van der Waals surface area (Å²) in [7, 11) is 0. The number of H-pyrrole nitrogens is 1. The number of anilines is 2. The van der Waals surface area contributed by atoms with E-state index in [1.165, 1.54) is 5.56 Å². The zero-order chi connectivity index (χ0) is 16.6. The van der Waals surface area contributed by atoms with Gasteiger partial charge in [-0.1, -0.05) is 48.5 Å². The van der Waals surface area contributed by atoms with Crippen molar-refractivity contribution in [1.29, 1.82) is 0 Å². The molecular weight excluding hydrogens is 312 g/mol. The molecule has 0 radical (unpaired) electrons. The Bertz CT molecular complexity index is 1040. The standard InChI is InChI=1S/C19H16N6/c1-2-6-13(7-3-1)18-22-15-10-11-20-17(15)19(23-18)24-25-16-9-5-4-8-14(16)12-21-25/h1-11,20-21H,12H2,(H,22,23,24). The van der Waals surface area contributed by atoms with Gasteiger partial charge in [0.1, 0.15) is 5.52 Å². The fourth-order valence-corrected chi connectivity index (χ4v) is 3.08. The molecule has 0 spiro atoms. The van der Waals surface area contributed by atoms with E-state index < -0.39 is 0 Å². The Balaban J connectivity index is 1.58. The van der Waals surface area contributed by atoms with Crippen LogP contribution in [0.3, 0.4) is 0 Å². The summed E-state index contributed by atoms with van der Waals surface area (Å²) in [4.78, 5) is 12.6. The molecule has 2 aromatic carbocycles.